The first-order chi connectivity index (χ1) is 16.9. The van der Waals surface area contributed by atoms with Gasteiger partial charge in [0.1, 0.15) is 11.4 Å². The van der Waals surface area contributed by atoms with E-state index in [1.165, 1.54) is 4.90 Å². The maximum absolute atomic E-state index is 13.2. The molecule has 3 heterocycles. The predicted molar refractivity (Wildman–Crippen MR) is 140 cm³/mol. The number of hydrogen-bond donors (Lipinski definition) is 1. The molecule has 9 nitrogen and oxygen atoms in total. The second-order valence-electron chi connectivity index (χ2n) is 8.79. The van der Waals surface area contributed by atoms with Crippen molar-refractivity contribution in [2.45, 2.75) is 0 Å². The van der Waals surface area contributed by atoms with Gasteiger partial charge in [-0.25, -0.2) is 4.98 Å². The van der Waals surface area contributed by atoms with E-state index in [0.717, 1.165) is 43.2 Å². The lowest BCUT2D eigenvalue weighted by Crippen LogP contribution is -2.44. The third-order valence-corrected chi connectivity index (χ3v) is 6.82. The molecule has 35 heavy (non-hydrogen) atoms. The summed E-state index contributed by atoms with van der Waals surface area (Å²) >= 11 is 6.17. The number of piperazine rings is 1. The molecule has 1 amide bonds. The van der Waals surface area contributed by atoms with Crippen LogP contribution in [-0.4, -0.2) is 75.2 Å². The molecule has 1 saturated heterocycles. The van der Waals surface area contributed by atoms with Crippen LogP contribution in [0.2, 0.25) is 5.02 Å². The first kappa shape index (κ1) is 23.2. The van der Waals surface area contributed by atoms with Crippen LogP contribution in [0.5, 0.6) is 5.75 Å². The van der Waals surface area contributed by atoms with Crippen LogP contribution in [-0.2, 0) is 0 Å². The molecule has 3 aromatic rings. The molecule has 2 aliphatic rings. The highest BCUT2D eigenvalue weighted by atomic mass is 35.5. The van der Waals surface area contributed by atoms with Crippen LogP contribution >= 0.6 is 11.6 Å². The molecule has 0 unspecified atom stereocenters. The number of carbonyl (C=O) groups is 1. The monoisotopic (exact) mass is 493 g/mol. The Balaban J connectivity index is 1.44. The van der Waals surface area contributed by atoms with Gasteiger partial charge in [0.15, 0.2) is 5.82 Å². The van der Waals surface area contributed by atoms with E-state index in [1.54, 1.807) is 32.5 Å². The number of anilines is 6. The number of benzene rings is 2. The van der Waals surface area contributed by atoms with Gasteiger partial charge in [-0.15, -0.1) is 0 Å². The molecule has 1 fully saturated rings. The fourth-order valence-corrected chi connectivity index (χ4v) is 4.63. The molecule has 0 aliphatic carbocycles. The van der Waals surface area contributed by atoms with Crippen LogP contribution in [0.1, 0.15) is 10.4 Å². The molecule has 1 aromatic heterocycles. The number of rotatable bonds is 4. The number of fused-ring (bicyclic) bond motifs is 2. The zero-order valence-electron chi connectivity index (χ0n) is 20.2. The molecule has 2 aliphatic heterocycles. The van der Waals surface area contributed by atoms with Crippen LogP contribution in [0.25, 0.3) is 0 Å². The number of aromatic nitrogens is 2. The van der Waals surface area contributed by atoms with Crippen molar-refractivity contribution in [2.24, 2.45) is 0 Å². The highest BCUT2D eigenvalue weighted by Crippen LogP contribution is 2.39. The minimum absolute atomic E-state index is 0.188. The number of ether oxygens (including phenoxy) is 1. The van der Waals surface area contributed by atoms with Gasteiger partial charge in [0.2, 0.25) is 5.95 Å². The quantitative estimate of drug-likeness (QED) is 0.584. The lowest BCUT2D eigenvalue weighted by Gasteiger charge is -2.34. The summed E-state index contributed by atoms with van der Waals surface area (Å²) in [5, 5.41) is 3.77. The Morgan fingerprint density at radius 1 is 0.971 bits per heavy atom. The number of nitrogens with one attached hydrogen (secondary N) is 1. The summed E-state index contributed by atoms with van der Waals surface area (Å²) in [6, 6.07) is 11.4. The smallest absolute Gasteiger partial charge is 0.261 e. The Morgan fingerprint density at radius 3 is 2.49 bits per heavy atom. The van der Waals surface area contributed by atoms with Gasteiger partial charge in [-0.1, -0.05) is 11.6 Å². The van der Waals surface area contributed by atoms with E-state index in [-0.39, 0.29) is 5.91 Å². The van der Waals surface area contributed by atoms with Crippen molar-refractivity contribution in [3.05, 3.63) is 53.2 Å². The molecule has 182 valence electrons. The molecular formula is C25H28ClN7O2. The molecule has 0 atom stereocenters. The minimum atomic E-state index is -0.188. The lowest BCUT2D eigenvalue weighted by atomic mass is 10.1. The van der Waals surface area contributed by atoms with Gasteiger partial charge >= 0.3 is 0 Å². The van der Waals surface area contributed by atoms with Crippen molar-refractivity contribution in [3.8, 4) is 5.75 Å². The zero-order valence-corrected chi connectivity index (χ0v) is 21.0. The second-order valence-corrected chi connectivity index (χ2v) is 9.22. The van der Waals surface area contributed by atoms with E-state index in [4.69, 9.17) is 16.3 Å². The normalized spacial score (nSPS) is 16.0. The van der Waals surface area contributed by atoms with Gasteiger partial charge in [0.05, 0.1) is 30.2 Å². The Bertz CT molecular complexity index is 1280. The van der Waals surface area contributed by atoms with E-state index in [2.05, 4.69) is 38.2 Å². The molecule has 0 radical (unpaired) electrons. The highest BCUT2D eigenvalue weighted by molar-refractivity contribution is 6.31. The average molecular weight is 494 g/mol. The van der Waals surface area contributed by atoms with Crippen molar-refractivity contribution in [2.75, 3.05) is 74.4 Å². The Labute approximate surface area is 209 Å². The van der Waals surface area contributed by atoms with Gasteiger partial charge in [0, 0.05) is 57.1 Å². The van der Waals surface area contributed by atoms with Gasteiger partial charge in [-0.3, -0.25) is 9.69 Å². The molecule has 0 spiro atoms. The summed E-state index contributed by atoms with van der Waals surface area (Å²) in [5.41, 5.74) is 3.83. The first-order valence-corrected chi connectivity index (χ1v) is 11.8. The van der Waals surface area contributed by atoms with Crippen LogP contribution in [0.3, 0.4) is 0 Å². The number of hydrogen-bond acceptors (Lipinski definition) is 8. The van der Waals surface area contributed by atoms with E-state index in [1.807, 2.05) is 30.1 Å². The Kier molecular flexibility index (Phi) is 6.12. The number of amides is 1. The number of nitrogens with zero attached hydrogens (tertiary/aromatic N) is 6. The SMILES string of the molecule is COc1cc(N2CCN(C)CC2)ccc1Nc1ncc2c(n1)N(C)C(=O)c1cc(Cl)ccc1N2C. The van der Waals surface area contributed by atoms with Crippen LogP contribution < -0.4 is 24.8 Å². The fourth-order valence-electron chi connectivity index (χ4n) is 4.45. The maximum atomic E-state index is 13.2. The van der Waals surface area contributed by atoms with Gasteiger partial charge in [0.25, 0.3) is 5.91 Å². The van der Waals surface area contributed by atoms with Gasteiger partial charge in [-0.2, -0.15) is 4.98 Å². The van der Waals surface area contributed by atoms with Crippen LogP contribution in [0.4, 0.5) is 34.5 Å². The summed E-state index contributed by atoms with van der Waals surface area (Å²) in [6.07, 6.45) is 1.71. The standard InChI is InChI=1S/C25H28ClN7O2/c1-30-9-11-33(12-10-30)17-6-7-19(22(14-17)35-4)28-25-27-15-21-23(29-25)32(3)24(34)18-13-16(26)5-8-20(18)31(21)2/h5-8,13-15H,9-12H2,1-4H3,(H,27,28,29). The van der Waals surface area contributed by atoms with Crippen molar-refractivity contribution < 1.29 is 9.53 Å². The van der Waals surface area contributed by atoms with E-state index < -0.39 is 0 Å². The Morgan fingerprint density at radius 2 is 1.74 bits per heavy atom. The third-order valence-electron chi connectivity index (χ3n) is 6.58. The fraction of sp³-hybridized carbons (Fsp3) is 0.320. The zero-order chi connectivity index (χ0) is 24.7. The lowest BCUT2D eigenvalue weighted by molar-refractivity contribution is 0.0993. The van der Waals surface area contributed by atoms with Gasteiger partial charge in [-0.05, 0) is 37.4 Å². The third kappa shape index (κ3) is 4.33. The number of halogens is 1. The molecule has 0 bridgehead atoms. The number of methoxy groups -OCH3 is 1. The highest BCUT2D eigenvalue weighted by Gasteiger charge is 2.29. The molecule has 1 N–H and O–H groups in total. The molecule has 2 aromatic carbocycles. The van der Waals surface area contributed by atoms with Crippen molar-refractivity contribution >= 4 is 52.0 Å². The summed E-state index contributed by atoms with van der Waals surface area (Å²) < 4.78 is 5.67. The second kappa shape index (κ2) is 9.24. The van der Waals surface area contributed by atoms with Crippen molar-refractivity contribution in [1.29, 1.82) is 0 Å². The Hall–Kier alpha value is -3.56. The summed E-state index contributed by atoms with van der Waals surface area (Å²) in [5.74, 6) is 1.37. The van der Waals surface area contributed by atoms with E-state index in [0.29, 0.717) is 33.8 Å². The van der Waals surface area contributed by atoms with Crippen molar-refractivity contribution in [1.82, 2.24) is 14.9 Å². The van der Waals surface area contributed by atoms with E-state index in [9.17, 15) is 4.79 Å². The largest absolute Gasteiger partial charge is 0.494 e. The van der Waals surface area contributed by atoms with Crippen molar-refractivity contribution in [3.63, 3.8) is 0 Å². The topological polar surface area (TPSA) is 77.1 Å². The molecule has 10 heteroatoms. The first-order valence-electron chi connectivity index (χ1n) is 11.4. The summed E-state index contributed by atoms with van der Waals surface area (Å²) in [7, 11) is 7.37. The van der Waals surface area contributed by atoms with Crippen LogP contribution in [0.15, 0.2) is 42.6 Å². The number of carbonyl (C=O) groups excluding carboxylic acids is 1. The predicted octanol–water partition coefficient (Wildman–Crippen LogP) is 3.99. The maximum Gasteiger partial charge on any atom is 0.261 e. The summed E-state index contributed by atoms with van der Waals surface area (Å²) in [6.45, 7) is 4.01. The minimum Gasteiger partial charge on any atom is -0.494 e. The molecule has 0 saturated carbocycles. The van der Waals surface area contributed by atoms with Gasteiger partial charge < -0.3 is 24.8 Å². The summed E-state index contributed by atoms with van der Waals surface area (Å²) in [4.78, 5) is 30.5. The number of likely N-dealkylation sites (N-methyl/N-ethyl adjacent to an activating group) is 1. The van der Waals surface area contributed by atoms with E-state index >= 15 is 0 Å². The molecule has 5 rings (SSSR count). The van der Waals surface area contributed by atoms with Crippen LogP contribution in [0, 0.1) is 0 Å². The molecular weight excluding hydrogens is 466 g/mol. The average Bonchev–Trinajstić information content (AvgIpc) is 2.94.